The summed E-state index contributed by atoms with van der Waals surface area (Å²) in [6.45, 7) is 4.34. The quantitative estimate of drug-likeness (QED) is 0.722. The first-order valence-electron chi connectivity index (χ1n) is 3.43. The van der Waals surface area contributed by atoms with Crippen LogP contribution >= 0.6 is 15.9 Å². The third kappa shape index (κ3) is 1.59. The number of imidazole rings is 1. The molecule has 0 saturated heterocycles. The topological polar surface area (TPSA) is 17.8 Å². The summed E-state index contributed by atoms with van der Waals surface area (Å²) in [4.78, 5) is 4.07. The lowest BCUT2D eigenvalue weighted by Gasteiger charge is -2.07. The molecule has 0 amide bonds. The van der Waals surface area contributed by atoms with Crippen LogP contribution in [-0.2, 0) is 0 Å². The molecule has 0 aliphatic carbocycles. The fraction of sp³-hybridized carbons (Fsp3) is 0.571. The standard InChI is InChI=1S/C7H11BrN2/c1-3-6(2)10-4-7(8)9-5-10/h4-6H,3H2,1-2H3. The molecule has 1 unspecified atom stereocenters. The molecule has 1 aromatic rings. The Balaban J connectivity index is 2.74. The van der Waals surface area contributed by atoms with Crippen LogP contribution < -0.4 is 0 Å². The third-order valence-electron chi connectivity index (χ3n) is 1.67. The Hall–Kier alpha value is -0.310. The maximum atomic E-state index is 4.07. The van der Waals surface area contributed by atoms with Gasteiger partial charge in [-0.15, -0.1) is 0 Å². The molecule has 0 aromatic carbocycles. The zero-order valence-electron chi connectivity index (χ0n) is 6.21. The van der Waals surface area contributed by atoms with E-state index < -0.39 is 0 Å². The van der Waals surface area contributed by atoms with E-state index in [2.05, 4.69) is 39.3 Å². The van der Waals surface area contributed by atoms with Gasteiger partial charge in [-0.05, 0) is 29.3 Å². The highest BCUT2D eigenvalue weighted by Gasteiger charge is 2.00. The van der Waals surface area contributed by atoms with Gasteiger partial charge in [0.2, 0.25) is 0 Å². The molecule has 1 atom stereocenters. The first-order chi connectivity index (χ1) is 4.74. The summed E-state index contributed by atoms with van der Waals surface area (Å²) >= 11 is 3.30. The molecular weight excluding hydrogens is 192 g/mol. The minimum atomic E-state index is 0.554. The van der Waals surface area contributed by atoms with E-state index in [0.29, 0.717) is 6.04 Å². The van der Waals surface area contributed by atoms with Gasteiger partial charge in [-0.2, -0.15) is 0 Å². The van der Waals surface area contributed by atoms with Crippen LogP contribution in [0.4, 0.5) is 0 Å². The van der Waals surface area contributed by atoms with E-state index in [4.69, 9.17) is 0 Å². The SMILES string of the molecule is CCC(C)n1cnc(Br)c1. The van der Waals surface area contributed by atoms with Gasteiger partial charge in [0.25, 0.3) is 0 Å². The van der Waals surface area contributed by atoms with Crippen LogP contribution in [0.2, 0.25) is 0 Å². The Morgan fingerprint density at radius 1 is 1.80 bits per heavy atom. The van der Waals surface area contributed by atoms with Crippen LogP contribution in [0.5, 0.6) is 0 Å². The van der Waals surface area contributed by atoms with Gasteiger partial charge in [0.15, 0.2) is 0 Å². The van der Waals surface area contributed by atoms with Gasteiger partial charge in [-0.25, -0.2) is 4.98 Å². The Morgan fingerprint density at radius 3 is 2.90 bits per heavy atom. The molecule has 56 valence electrons. The maximum Gasteiger partial charge on any atom is 0.124 e. The zero-order chi connectivity index (χ0) is 7.56. The summed E-state index contributed by atoms with van der Waals surface area (Å²) < 4.78 is 3.01. The molecule has 0 aliphatic heterocycles. The van der Waals surface area contributed by atoms with E-state index in [-0.39, 0.29) is 0 Å². The highest BCUT2D eigenvalue weighted by Crippen LogP contribution is 2.12. The van der Waals surface area contributed by atoms with Crippen molar-refractivity contribution in [2.24, 2.45) is 0 Å². The lowest BCUT2D eigenvalue weighted by Crippen LogP contribution is -1.99. The van der Waals surface area contributed by atoms with Crippen molar-refractivity contribution in [3.63, 3.8) is 0 Å². The maximum absolute atomic E-state index is 4.07. The smallest absolute Gasteiger partial charge is 0.124 e. The van der Waals surface area contributed by atoms with Gasteiger partial charge in [0, 0.05) is 12.2 Å². The van der Waals surface area contributed by atoms with Crippen molar-refractivity contribution >= 4 is 15.9 Å². The molecule has 10 heavy (non-hydrogen) atoms. The molecule has 2 nitrogen and oxygen atoms in total. The van der Waals surface area contributed by atoms with E-state index in [0.717, 1.165) is 11.0 Å². The molecule has 0 spiro atoms. The van der Waals surface area contributed by atoms with Crippen molar-refractivity contribution in [2.45, 2.75) is 26.3 Å². The monoisotopic (exact) mass is 202 g/mol. The van der Waals surface area contributed by atoms with Crippen LogP contribution in [-0.4, -0.2) is 9.55 Å². The van der Waals surface area contributed by atoms with Gasteiger partial charge < -0.3 is 4.57 Å². The molecule has 1 aromatic heterocycles. The average Bonchev–Trinajstić information content (AvgIpc) is 2.34. The van der Waals surface area contributed by atoms with E-state index in [1.165, 1.54) is 0 Å². The predicted molar refractivity (Wildman–Crippen MR) is 44.9 cm³/mol. The van der Waals surface area contributed by atoms with Crippen molar-refractivity contribution in [2.75, 3.05) is 0 Å². The first kappa shape index (κ1) is 7.79. The molecule has 0 bridgehead atoms. The molecule has 0 N–H and O–H groups in total. The van der Waals surface area contributed by atoms with Gasteiger partial charge in [0.1, 0.15) is 4.60 Å². The summed E-state index contributed by atoms with van der Waals surface area (Å²) in [6.07, 6.45) is 4.98. The molecular formula is C7H11BrN2. The highest BCUT2D eigenvalue weighted by atomic mass is 79.9. The van der Waals surface area contributed by atoms with Crippen molar-refractivity contribution in [1.29, 1.82) is 0 Å². The van der Waals surface area contributed by atoms with Crippen LogP contribution in [0, 0.1) is 0 Å². The van der Waals surface area contributed by atoms with Crippen LogP contribution in [0.15, 0.2) is 17.1 Å². The van der Waals surface area contributed by atoms with E-state index in [9.17, 15) is 0 Å². The van der Waals surface area contributed by atoms with Gasteiger partial charge >= 0.3 is 0 Å². The van der Waals surface area contributed by atoms with Gasteiger partial charge in [-0.3, -0.25) is 0 Å². The Morgan fingerprint density at radius 2 is 2.50 bits per heavy atom. The van der Waals surface area contributed by atoms with Crippen molar-refractivity contribution in [3.05, 3.63) is 17.1 Å². The second kappa shape index (κ2) is 3.19. The van der Waals surface area contributed by atoms with Crippen molar-refractivity contribution < 1.29 is 0 Å². The molecule has 1 rings (SSSR count). The van der Waals surface area contributed by atoms with Crippen LogP contribution in [0.1, 0.15) is 26.3 Å². The zero-order valence-corrected chi connectivity index (χ0v) is 7.80. The van der Waals surface area contributed by atoms with Gasteiger partial charge in [-0.1, -0.05) is 6.92 Å². The molecule has 0 saturated carbocycles. The number of aromatic nitrogens is 2. The number of hydrogen-bond donors (Lipinski definition) is 0. The molecule has 0 radical (unpaired) electrons. The third-order valence-corrected chi connectivity index (χ3v) is 2.08. The van der Waals surface area contributed by atoms with Gasteiger partial charge in [0.05, 0.1) is 6.33 Å². The second-order valence-corrected chi connectivity index (χ2v) is 3.21. The Bertz CT molecular complexity index is 207. The first-order valence-corrected chi connectivity index (χ1v) is 4.22. The lowest BCUT2D eigenvalue weighted by molar-refractivity contribution is 0.530. The Labute approximate surface area is 69.4 Å². The lowest BCUT2D eigenvalue weighted by atomic mass is 10.3. The minimum Gasteiger partial charge on any atom is -0.334 e. The van der Waals surface area contributed by atoms with E-state index in [1.807, 2.05) is 12.5 Å². The predicted octanol–water partition coefficient (Wildman–Crippen LogP) is 2.62. The fourth-order valence-corrected chi connectivity index (χ4v) is 1.09. The largest absolute Gasteiger partial charge is 0.334 e. The average molecular weight is 203 g/mol. The summed E-state index contributed by atoms with van der Waals surface area (Å²) in [5, 5.41) is 0. The number of rotatable bonds is 2. The Kier molecular flexibility index (Phi) is 2.49. The molecule has 0 fully saturated rings. The van der Waals surface area contributed by atoms with E-state index >= 15 is 0 Å². The fourth-order valence-electron chi connectivity index (χ4n) is 0.763. The summed E-state index contributed by atoms with van der Waals surface area (Å²) in [7, 11) is 0. The highest BCUT2D eigenvalue weighted by molar-refractivity contribution is 9.10. The molecule has 1 heterocycles. The summed E-state index contributed by atoms with van der Waals surface area (Å²) in [5.74, 6) is 0. The summed E-state index contributed by atoms with van der Waals surface area (Å²) in [5.41, 5.74) is 0. The van der Waals surface area contributed by atoms with Crippen molar-refractivity contribution in [1.82, 2.24) is 9.55 Å². The number of halogens is 1. The summed E-state index contributed by atoms with van der Waals surface area (Å²) in [6, 6.07) is 0.554. The normalized spacial score (nSPS) is 13.5. The van der Waals surface area contributed by atoms with Crippen LogP contribution in [0.3, 0.4) is 0 Å². The number of nitrogens with zero attached hydrogens (tertiary/aromatic N) is 2. The van der Waals surface area contributed by atoms with Crippen molar-refractivity contribution in [3.8, 4) is 0 Å². The van der Waals surface area contributed by atoms with Crippen LogP contribution in [0.25, 0.3) is 0 Å². The van der Waals surface area contributed by atoms with E-state index in [1.54, 1.807) is 0 Å². The number of hydrogen-bond acceptors (Lipinski definition) is 1. The minimum absolute atomic E-state index is 0.554. The molecule has 0 aliphatic rings. The second-order valence-electron chi connectivity index (χ2n) is 2.40. The molecule has 3 heteroatoms.